The van der Waals surface area contributed by atoms with Gasteiger partial charge in [-0.05, 0) is 66.3 Å². The molecule has 46 heavy (non-hydrogen) atoms. The molecule has 1 aliphatic carbocycles. The summed E-state index contributed by atoms with van der Waals surface area (Å²) >= 11 is 6.59. The van der Waals surface area contributed by atoms with Gasteiger partial charge in [-0.3, -0.25) is 13.9 Å². The number of carbonyl (C=O) groups excluding carboxylic acids is 2. The molecule has 240 valence electrons. The van der Waals surface area contributed by atoms with E-state index in [0.29, 0.717) is 16.3 Å². The Morgan fingerprint density at radius 3 is 2.07 bits per heavy atom. The van der Waals surface area contributed by atoms with Crippen molar-refractivity contribution in [2.75, 3.05) is 10.8 Å². The molecule has 0 bridgehead atoms. The third kappa shape index (κ3) is 8.17. The van der Waals surface area contributed by atoms with Gasteiger partial charge in [0.25, 0.3) is 10.0 Å². The number of nitrogens with one attached hydrogen (secondary N) is 1. The van der Waals surface area contributed by atoms with E-state index in [0.717, 1.165) is 47.5 Å². The van der Waals surface area contributed by atoms with Crippen molar-refractivity contribution in [3.8, 4) is 0 Å². The summed E-state index contributed by atoms with van der Waals surface area (Å²) in [6.45, 7) is 1.55. The van der Waals surface area contributed by atoms with Crippen LogP contribution in [0.5, 0.6) is 0 Å². The van der Waals surface area contributed by atoms with Crippen LogP contribution in [0.4, 0.5) is 5.69 Å². The van der Waals surface area contributed by atoms with E-state index in [-0.39, 0.29) is 29.8 Å². The van der Waals surface area contributed by atoms with Crippen molar-refractivity contribution in [1.82, 2.24) is 10.2 Å². The summed E-state index contributed by atoms with van der Waals surface area (Å²) in [5.41, 5.74) is 2.95. The summed E-state index contributed by atoms with van der Waals surface area (Å²) in [4.78, 5) is 30.3. The van der Waals surface area contributed by atoms with Gasteiger partial charge in [0.2, 0.25) is 11.8 Å². The van der Waals surface area contributed by atoms with Crippen molar-refractivity contribution in [3.63, 3.8) is 0 Å². The first-order valence-electron chi connectivity index (χ1n) is 15.8. The van der Waals surface area contributed by atoms with E-state index in [4.69, 9.17) is 11.6 Å². The summed E-state index contributed by atoms with van der Waals surface area (Å²) in [7, 11) is -4.15. The number of hydrogen-bond donors (Lipinski definition) is 1. The van der Waals surface area contributed by atoms with Crippen LogP contribution in [0.15, 0.2) is 114 Å². The maximum absolute atomic E-state index is 14.6. The molecular formula is C37H40ClN3O4S. The van der Waals surface area contributed by atoms with Crippen molar-refractivity contribution in [1.29, 1.82) is 0 Å². The molecule has 1 fully saturated rings. The first kappa shape index (κ1) is 33.2. The lowest BCUT2D eigenvalue weighted by Gasteiger charge is -2.34. The van der Waals surface area contributed by atoms with Crippen LogP contribution in [-0.4, -0.2) is 43.8 Å². The highest BCUT2D eigenvalue weighted by Gasteiger charge is 2.35. The number of carbonyl (C=O) groups is 2. The molecule has 1 saturated carbocycles. The molecule has 1 aliphatic rings. The Kier molecular flexibility index (Phi) is 11.1. The Labute approximate surface area is 277 Å². The monoisotopic (exact) mass is 657 g/mol. The first-order chi connectivity index (χ1) is 22.3. The highest BCUT2D eigenvalue weighted by molar-refractivity contribution is 7.92. The summed E-state index contributed by atoms with van der Waals surface area (Å²) in [5, 5.41) is 3.65. The highest BCUT2D eigenvalue weighted by Crippen LogP contribution is 2.27. The van der Waals surface area contributed by atoms with Gasteiger partial charge < -0.3 is 10.2 Å². The van der Waals surface area contributed by atoms with Crippen molar-refractivity contribution in [2.24, 2.45) is 0 Å². The normalized spacial score (nSPS) is 14.0. The zero-order valence-corrected chi connectivity index (χ0v) is 27.6. The second kappa shape index (κ2) is 15.4. The van der Waals surface area contributed by atoms with Crippen LogP contribution in [0.1, 0.15) is 49.3 Å². The standard InChI is InChI=1S/C37H40ClN3O4S/c1-2-28-21-23-32(24-22-28)41(46(44,45)33-18-7-4-8-19-33)27-36(42)40(26-30-15-9-12-20-34(30)38)35(25-29-13-5-3-6-14-29)37(43)39-31-16-10-11-17-31/h3-9,12-15,18-24,31,35H,2,10-11,16-17,25-27H2,1H3,(H,39,43)/t35-/m1/s1. The van der Waals surface area contributed by atoms with Crippen LogP contribution in [0.2, 0.25) is 5.02 Å². The van der Waals surface area contributed by atoms with Gasteiger partial charge >= 0.3 is 0 Å². The molecule has 0 saturated heterocycles. The van der Waals surface area contributed by atoms with Crippen molar-refractivity contribution < 1.29 is 18.0 Å². The zero-order chi connectivity index (χ0) is 32.5. The molecule has 9 heteroatoms. The number of aryl methyl sites for hydroxylation is 1. The van der Waals surface area contributed by atoms with Gasteiger partial charge in [-0.15, -0.1) is 0 Å². The number of nitrogens with zero attached hydrogens (tertiary/aromatic N) is 2. The molecule has 0 aliphatic heterocycles. The minimum absolute atomic E-state index is 0.0299. The second-order valence-corrected chi connectivity index (χ2v) is 13.9. The smallest absolute Gasteiger partial charge is 0.264 e. The van der Waals surface area contributed by atoms with Gasteiger partial charge in [0.1, 0.15) is 12.6 Å². The molecule has 2 amide bonds. The summed E-state index contributed by atoms with van der Waals surface area (Å²) < 4.78 is 29.4. The number of sulfonamides is 1. The van der Waals surface area contributed by atoms with Crippen LogP contribution in [0, 0.1) is 0 Å². The number of benzene rings is 4. The highest BCUT2D eigenvalue weighted by atomic mass is 35.5. The van der Waals surface area contributed by atoms with Crippen LogP contribution >= 0.6 is 11.6 Å². The Morgan fingerprint density at radius 1 is 0.826 bits per heavy atom. The predicted octanol–water partition coefficient (Wildman–Crippen LogP) is 6.80. The maximum Gasteiger partial charge on any atom is 0.264 e. The molecule has 0 aromatic heterocycles. The summed E-state index contributed by atoms with van der Waals surface area (Å²) in [5.74, 6) is -0.776. The van der Waals surface area contributed by atoms with E-state index in [1.807, 2.05) is 61.5 Å². The van der Waals surface area contributed by atoms with Crippen LogP contribution < -0.4 is 9.62 Å². The van der Waals surface area contributed by atoms with E-state index in [2.05, 4.69) is 5.32 Å². The summed E-state index contributed by atoms with van der Waals surface area (Å²) in [6, 6.07) is 31.1. The van der Waals surface area contributed by atoms with E-state index in [9.17, 15) is 18.0 Å². The minimum Gasteiger partial charge on any atom is -0.352 e. The Hall–Kier alpha value is -4.14. The molecule has 4 aromatic carbocycles. The predicted molar refractivity (Wildman–Crippen MR) is 183 cm³/mol. The van der Waals surface area contributed by atoms with Crippen molar-refractivity contribution >= 4 is 39.1 Å². The van der Waals surface area contributed by atoms with E-state index >= 15 is 0 Å². The zero-order valence-electron chi connectivity index (χ0n) is 26.0. The average Bonchev–Trinajstić information content (AvgIpc) is 3.60. The fraction of sp³-hybridized carbons (Fsp3) is 0.297. The van der Waals surface area contributed by atoms with E-state index in [1.54, 1.807) is 42.5 Å². The number of anilines is 1. The lowest BCUT2D eigenvalue weighted by molar-refractivity contribution is -0.140. The van der Waals surface area contributed by atoms with Gasteiger partial charge in [-0.1, -0.05) is 110 Å². The molecule has 0 unspecified atom stereocenters. The van der Waals surface area contributed by atoms with Crippen LogP contribution in [-0.2, 0) is 39.0 Å². The van der Waals surface area contributed by atoms with Gasteiger partial charge in [0.15, 0.2) is 0 Å². The van der Waals surface area contributed by atoms with Crippen LogP contribution in [0.3, 0.4) is 0 Å². The SMILES string of the molecule is CCc1ccc(N(CC(=O)N(Cc2ccccc2Cl)[C@H](Cc2ccccc2)C(=O)NC2CCCC2)S(=O)(=O)c2ccccc2)cc1. The Balaban J connectivity index is 1.56. The van der Waals surface area contributed by atoms with Crippen molar-refractivity contribution in [3.05, 3.63) is 131 Å². The topological polar surface area (TPSA) is 86.8 Å². The maximum atomic E-state index is 14.6. The van der Waals surface area contributed by atoms with Crippen LogP contribution in [0.25, 0.3) is 0 Å². The average molecular weight is 658 g/mol. The quantitative estimate of drug-likeness (QED) is 0.171. The number of hydrogen-bond acceptors (Lipinski definition) is 4. The molecular weight excluding hydrogens is 618 g/mol. The molecule has 4 aromatic rings. The third-order valence-corrected chi connectivity index (χ3v) is 10.7. The Bertz CT molecular complexity index is 1710. The van der Waals surface area contributed by atoms with Gasteiger partial charge in [0.05, 0.1) is 10.6 Å². The lowest BCUT2D eigenvalue weighted by Crippen LogP contribution is -2.54. The molecule has 0 spiro atoms. The molecule has 0 heterocycles. The minimum atomic E-state index is -4.15. The van der Waals surface area contributed by atoms with Gasteiger partial charge in [0, 0.05) is 24.0 Å². The molecule has 1 N–H and O–H groups in total. The molecule has 1 atom stereocenters. The number of rotatable bonds is 13. The Morgan fingerprint density at radius 2 is 1.43 bits per heavy atom. The van der Waals surface area contributed by atoms with E-state index < -0.39 is 28.5 Å². The second-order valence-electron chi connectivity index (χ2n) is 11.7. The number of amides is 2. The van der Waals surface area contributed by atoms with Crippen molar-refractivity contribution in [2.45, 2.75) is 69.0 Å². The fourth-order valence-electron chi connectivity index (χ4n) is 5.88. The third-order valence-electron chi connectivity index (χ3n) is 8.51. The lowest BCUT2D eigenvalue weighted by atomic mass is 10.0. The molecule has 0 radical (unpaired) electrons. The molecule has 5 rings (SSSR count). The van der Waals surface area contributed by atoms with Gasteiger partial charge in [-0.2, -0.15) is 0 Å². The number of halogens is 1. The summed E-state index contributed by atoms with van der Waals surface area (Å²) in [6.07, 6.45) is 4.90. The van der Waals surface area contributed by atoms with Gasteiger partial charge in [-0.25, -0.2) is 8.42 Å². The largest absolute Gasteiger partial charge is 0.352 e. The molecule has 7 nitrogen and oxygen atoms in total. The fourth-order valence-corrected chi connectivity index (χ4v) is 7.51. The first-order valence-corrected chi connectivity index (χ1v) is 17.6. The van der Waals surface area contributed by atoms with E-state index in [1.165, 1.54) is 17.0 Å².